The van der Waals surface area contributed by atoms with Gasteiger partial charge in [0.1, 0.15) is 5.82 Å². The molecule has 2 heterocycles. The van der Waals surface area contributed by atoms with Gasteiger partial charge in [-0.1, -0.05) is 19.9 Å². The van der Waals surface area contributed by atoms with Gasteiger partial charge in [0.05, 0.1) is 19.8 Å². The fourth-order valence-corrected chi connectivity index (χ4v) is 4.31. The number of hydrogen-bond donors (Lipinski definition) is 1. The van der Waals surface area contributed by atoms with Crippen LogP contribution in [-0.4, -0.2) is 68.6 Å². The Morgan fingerprint density at radius 2 is 1.74 bits per heavy atom. The zero-order valence-electron chi connectivity index (χ0n) is 20.7. The van der Waals surface area contributed by atoms with Crippen molar-refractivity contribution in [3.63, 3.8) is 0 Å². The molecule has 8 nitrogen and oxygen atoms in total. The second-order valence-electron chi connectivity index (χ2n) is 8.40. The monoisotopic (exact) mass is 468 g/mol. The third-order valence-electron chi connectivity index (χ3n) is 6.40. The van der Waals surface area contributed by atoms with Crippen molar-refractivity contribution in [3.05, 3.63) is 47.7 Å². The summed E-state index contributed by atoms with van der Waals surface area (Å²) in [5.74, 6) is 2.19. The van der Waals surface area contributed by atoms with Crippen LogP contribution in [-0.2, 0) is 11.2 Å². The highest BCUT2D eigenvalue weighted by Crippen LogP contribution is 2.27. The van der Waals surface area contributed by atoms with E-state index >= 15 is 0 Å². The molecule has 1 aliphatic rings. The van der Waals surface area contributed by atoms with E-state index in [0.717, 1.165) is 18.4 Å². The summed E-state index contributed by atoms with van der Waals surface area (Å²) in [5.41, 5.74) is 1.59. The number of aromatic nitrogens is 1. The lowest BCUT2D eigenvalue weighted by Crippen LogP contribution is -2.51. The molecule has 0 spiro atoms. The van der Waals surface area contributed by atoms with Crippen LogP contribution < -0.4 is 19.7 Å². The first kappa shape index (κ1) is 25.3. The Balaban J connectivity index is 1.59. The third kappa shape index (κ3) is 5.98. The van der Waals surface area contributed by atoms with E-state index in [-0.39, 0.29) is 17.7 Å². The van der Waals surface area contributed by atoms with E-state index in [0.29, 0.717) is 62.0 Å². The Morgan fingerprint density at radius 3 is 2.38 bits per heavy atom. The second kappa shape index (κ2) is 12.3. The van der Waals surface area contributed by atoms with E-state index in [1.165, 1.54) is 0 Å². The first-order valence-electron chi connectivity index (χ1n) is 12.0. The molecule has 1 aromatic carbocycles. The number of rotatable bonds is 10. The van der Waals surface area contributed by atoms with Gasteiger partial charge in [0.15, 0.2) is 11.5 Å². The van der Waals surface area contributed by atoms with Crippen LogP contribution in [0.3, 0.4) is 0 Å². The molecule has 184 valence electrons. The van der Waals surface area contributed by atoms with Crippen molar-refractivity contribution in [3.8, 4) is 11.5 Å². The van der Waals surface area contributed by atoms with Crippen molar-refractivity contribution in [2.75, 3.05) is 51.8 Å². The molecule has 8 heteroatoms. The van der Waals surface area contributed by atoms with Gasteiger partial charge in [-0.05, 0) is 49.1 Å². The van der Waals surface area contributed by atoms with Crippen LogP contribution in [0.5, 0.6) is 11.5 Å². The number of carbonyl (C=O) groups is 2. The average molecular weight is 469 g/mol. The molecule has 0 aliphatic carbocycles. The number of benzene rings is 1. The minimum atomic E-state index is -0.154. The number of nitrogens with zero attached hydrogens (tertiary/aromatic N) is 3. The first-order valence-corrected chi connectivity index (χ1v) is 12.0. The number of methoxy groups -OCH3 is 2. The second-order valence-corrected chi connectivity index (χ2v) is 8.40. The Kier molecular flexibility index (Phi) is 9.13. The molecule has 1 aliphatic heterocycles. The minimum Gasteiger partial charge on any atom is -0.493 e. The number of carbonyl (C=O) groups excluding carboxylic acids is 2. The maximum absolute atomic E-state index is 13.0. The molecule has 0 bridgehead atoms. The quantitative estimate of drug-likeness (QED) is 0.577. The van der Waals surface area contributed by atoms with Crippen LogP contribution in [0.4, 0.5) is 5.82 Å². The number of ether oxygens (including phenoxy) is 2. The van der Waals surface area contributed by atoms with Gasteiger partial charge in [-0.2, -0.15) is 0 Å². The number of amides is 2. The molecule has 3 rings (SSSR count). The Labute approximate surface area is 202 Å². The zero-order valence-corrected chi connectivity index (χ0v) is 20.7. The predicted molar refractivity (Wildman–Crippen MR) is 133 cm³/mol. The van der Waals surface area contributed by atoms with Gasteiger partial charge in [0, 0.05) is 44.8 Å². The summed E-state index contributed by atoms with van der Waals surface area (Å²) in [5, 5.41) is 3.01. The van der Waals surface area contributed by atoms with Crippen molar-refractivity contribution >= 4 is 17.6 Å². The summed E-state index contributed by atoms with van der Waals surface area (Å²) in [4.78, 5) is 34.2. The lowest BCUT2D eigenvalue weighted by atomic mass is 10.0. The van der Waals surface area contributed by atoms with Crippen molar-refractivity contribution in [1.82, 2.24) is 15.2 Å². The molecule has 0 atom stereocenters. The Bertz CT molecular complexity index is 969. The first-order chi connectivity index (χ1) is 16.5. The standard InChI is InChI=1S/C26H36N4O4/c1-5-20(6-2)26(32)30-16-14-29(15-17-30)24-21(8-7-12-27-24)25(31)28-13-11-19-9-10-22(33-3)23(18-19)34-4/h7-10,12,18,20H,5-6,11,13-17H2,1-4H3,(H,28,31). The summed E-state index contributed by atoms with van der Waals surface area (Å²) in [7, 11) is 3.21. The molecule has 1 N–H and O–H groups in total. The van der Waals surface area contributed by atoms with Crippen molar-refractivity contribution in [2.24, 2.45) is 5.92 Å². The highest BCUT2D eigenvalue weighted by molar-refractivity contribution is 5.99. The van der Waals surface area contributed by atoms with E-state index in [9.17, 15) is 9.59 Å². The number of pyridine rings is 1. The fourth-order valence-electron chi connectivity index (χ4n) is 4.31. The molecule has 2 amide bonds. The van der Waals surface area contributed by atoms with Gasteiger partial charge in [0.25, 0.3) is 5.91 Å². The molecule has 1 fully saturated rings. The van der Waals surface area contributed by atoms with Gasteiger partial charge in [0.2, 0.25) is 5.91 Å². The molecular weight excluding hydrogens is 432 g/mol. The largest absolute Gasteiger partial charge is 0.493 e. The summed E-state index contributed by atoms with van der Waals surface area (Å²) in [6.45, 7) is 7.22. The van der Waals surface area contributed by atoms with Gasteiger partial charge in [-0.15, -0.1) is 0 Å². The number of piperazine rings is 1. The predicted octanol–water partition coefficient (Wildman–Crippen LogP) is 3.16. The molecule has 2 aromatic rings. The van der Waals surface area contributed by atoms with Crippen LogP contribution in [0.2, 0.25) is 0 Å². The molecular formula is C26H36N4O4. The lowest BCUT2D eigenvalue weighted by molar-refractivity contribution is -0.136. The molecule has 0 unspecified atom stereocenters. The van der Waals surface area contributed by atoms with E-state index in [4.69, 9.17) is 9.47 Å². The molecule has 34 heavy (non-hydrogen) atoms. The summed E-state index contributed by atoms with van der Waals surface area (Å²) in [6, 6.07) is 9.33. The van der Waals surface area contributed by atoms with Gasteiger partial charge in [-0.3, -0.25) is 9.59 Å². The summed E-state index contributed by atoms with van der Waals surface area (Å²) < 4.78 is 10.6. The van der Waals surface area contributed by atoms with E-state index in [2.05, 4.69) is 29.0 Å². The fraction of sp³-hybridized carbons (Fsp3) is 0.500. The van der Waals surface area contributed by atoms with Gasteiger partial charge >= 0.3 is 0 Å². The third-order valence-corrected chi connectivity index (χ3v) is 6.40. The van der Waals surface area contributed by atoms with Crippen LogP contribution in [0.25, 0.3) is 0 Å². The molecule has 0 radical (unpaired) electrons. The average Bonchev–Trinajstić information content (AvgIpc) is 2.89. The Hall–Kier alpha value is -3.29. The minimum absolute atomic E-state index is 0.0911. The van der Waals surface area contributed by atoms with Crippen molar-refractivity contribution < 1.29 is 19.1 Å². The Morgan fingerprint density at radius 1 is 1.03 bits per heavy atom. The number of nitrogens with one attached hydrogen (secondary N) is 1. The van der Waals surface area contributed by atoms with Crippen molar-refractivity contribution in [2.45, 2.75) is 33.1 Å². The normalized spacial score (nSPS) is 13.7. The van der Waals surface area contributed by atoms with E-state index in [1.807, 2.05) is 23.1 Å². The molecule has 0 saturated carbocycles. The summed E-state index contributed by atoms with van der Waals surface area (Å²) in [6.07, 6.45) is 4.10. The maximum atomic E-state index is 13.0. The highest BCUT2D eigenvalue weighted by atomic mass is 16.5. The number of anilines is 1. The van der Waals surface area contributed by atoms with Gasteiger partial charge < -0.3 is 24.6 Å². The maximum Gasteiger partial charge on any atom is 0.255 e. The van der Waals surface area contributed by atoms with Crippen molar-refractivity contribution in [1.29, 1.82) is 0 Å². The van der Waals surface area contributed by atoms with E-state index in [1.54, 1.807) is 32.5 Å². The van der Waals surface area contributed by atoms with Crippen LogP contribution >= 0.6 is 0 Å². The topological polar surface area (TPSA) is 84.0 Å². The zero-order chi connectivity index (χ0) is 24.5. The van der Waals surface area contributed by atoms with E-state index < -0.39 is 0 Å². The summed E-state index contributed by atoms with van der Waals surface area (Å²) >= 11 is 0. The van der Waals surface area contributed by atoms with Crippen LogP contribution in [0.15, 0.2) is 36.5 Å². The van der Waals surface area contributed by atoms with Crippen LogP contribution in [0.1, 0.15) is 42.6 Å². The smallest absolute Gasteiger partial charge is 0.255 e. The molecule has 1 aromatic heterocycles. The van der Waals surface area contributed by atoms with Crippen LogP contribution in [0, 0.1) is 5.92 Å². The number of hydrogen-bond acceptors (Lipinski definition) is 6. The lowest BCUT2D eigenvalue weighted by Gasteiger charge is -2.37. The SMILES string of the molecule is CCC(CC)C(=O)N1CCN(c2ncccc2C(=O)NCCc2ccc(OC)c(OC)c2)CC1. The molecule has 1 saturated heterocycles. The van der Waals surface area contributed by atoms with Gasteiger partial charge in [-0.25, -0.2) is 4.98 Å². The highest BCUT2D eigenvalue weighted by Gasteiger charge is 2.27.